The fourth-order valence-electron chi connectivity index (χ4n) is 5.45. The van der Waals surface area contributed by atoms with Crippen molar-refractivity contribution in [3.8, 4) is 0 Å². The number of rotatable bonds is 9. The van der Waals surface area contributed by atoms with Crippen molar-refractivity contribution in [2.45, 2.75) is 43.9 Å². The summed E-state index contributed by atoms with van der Waals surface area (Å²) in [5.41, 5.74) is 2.50. The molecule has 0 N–H and O–H groups in total. The quantitative estimate of drug-likeness (QED) is 0.144. The minimum Gasteiger partial charge on any atom is -0.251 e. The summed E-state index contributed by atoms with van der Waals surface area (Å²) in [6.07, 6.45) is 3.36. The van der Waals surface area contributed by atoms with Crippen LogP contribution in [0.2, 0.25) is 0 Å². The van der Waals surface area contributed by atoms with Crippen LogP contribution in [0.3, 0.4) is 0 Å². The van der Waals surface area contributed by atoms with Crippen LogP contribution in [0.1, 0.15) is 55.1 Å². The lowest BCUT2D eigenvalue weighted by molar-refractivity contribution is 0.585. The number of unbranched alkanes of at least 4 members (excludes halogenated alkanes) is 1. The van der Waals surface area contributed by atoms with Crippen molar-refractivity contribution in [1.29, 1.82) is 0 Å². The average molecular weight is 568 g/mol. The van der Waals surface area contributed by atoms with Crippen LogP contribution in [-0.2, 0) is 0 Å². The third-order valence-electron chi connectivity index (χ3n) is 7.23. The van der Waals surface area contributed by atoms with Gasteiger partial charge in [0.1, 0.15) is 23.3 Å². The lowest BCUT2D eigenvalue weighted by atomic mass is 10.0. The number of nitrogens with zero attached hydrogens (tertiary/aromatic N) is 1. The smallest absolute Gasteiger partial charge is 0.135 e. The van der Waals surface area contributed by atoms with E-state index in [2.05, 4.69) is 35.6 Å². The Morgan fingerprint density at radius 1 is 0.641 bits per heavy atom. The molecule has 2 atom stereocenters. The van der Waals surface area contributed by atoms with E-state index in [1.807, 2.05) is 36.4 Å². The first-order valence-electron chi connectivity index (χ1n) is 13.3. The Bertz CT molecular complexity index is 1250. The monoisotopic (exact) mass is 567 g/mol. The largest absolute Gasteiger partial charge is 0.251 e. The highest BCUT2D eigenvalue weighted by molar-refractivity contribution is 7.79. The lowest BCUT2D eigenvalue weighted by Crippen LogP contribution is -2.33. The molecular weight excluding hydrogens is 536 g/mol. The van der Waals surface area contributed by atoms with E-state index in [-0.39, 0.29) is 21.9 Å². The number of hydrogen-bond acceptors (Lipinski definition) is 1. The zero-order valence-electron chi connectivity index (χ0n) is 21.8. The van der Waals surface area contributed by atoms with Crippen LogP contribution in [0.5, 0.6) is 0 Å². The predicted molar refractivity (Wildman–Crippen MR) is 155 cm³/mol. The summed E-state index contributed by atoms with van der Waals surface area (Å²) in [7, 11) is -3.33. The molecule has 0 amide bonds. The van der Waals surface area contributed by atoms with Crippen LogP contribution in [0, 0.1) is 23.3 Å². The molecule has 1 aliphatic rings. The van der Waals surface area contributed by atoms with Crippen molar-refractivity contribution in [1.82, 2.24) is 4.44 Å². The van der Waals surface area contributed by atoms with Crippen LogP contribution in [0.15, 0.2) is 97.1 Å². The first-order chi connectivity index (χ1) is 19.0. The van der Waals surface area contributed by atoms with Crippen molar-refractivity contribution in [2.75, 3.05) is 6.54 Å². The van der Waals surface area contributed by atoms with Gasteiger partial charge in [-0.05, 0) is 62.7 Å². The molecule has 1 nitrogen and oxygen atoms in total. The zero-order chi connectivity index (χ0) is 27.4. The molecule has 0 saturated carbocycles. The van der Waals surface area contributed by atoms with E-state index in [0.717, 1.165) is 36.8 Å². The molecule has 0 spiro atoms. The molecule has 5 rings (SSSR count). The topological polar surface area (TPSA) is 3.24 Å². The Balaban J connectivity index is 1.76. The highest BCUT2D eigenvalue weighted by Crippen LogP contribution is 2.76. The summed E-state index contributed by atoms with van der Waals surface area (Å²) >= 11 is 0. The van der Waals surface area contributed by atoms with E-state index in [9.17, 15) is 0 Å². The number of benzene rings is 4. The molecule has 4 aromatic carbocycles. The van der Waals surface area contributed by atoms with Gasteiger partial charge in [0.25, 0.3) is 0 Å². The molecule has 2 unspecified atom stereocenters. The summed E-state index contributed by atoms with van der Waals surface area (Å²) in [4.78, 5) is 0. The molecule has 0 aliphatic carbocycles. The first-order valence-corrected chi connectivity index (χ1v) is 16.1. The maximum Gasteiger partial charge on any atom is 0.135 e. The summed E-state index contributed by atoms with van der Waals surface area (Å²) in [5.74, 6) is -3.09. The highest BCUT2D eigenvalue weighted by Gasteiger charge is 2.46. The Kier molecular flexibility index (Phi) is 9.13. The number of hydrogen-bond donors (Lipinski definition) is 0. The van der Waals surface area contributed by atoms with Crippen LogP contribution >= 0.6 is 16.1 Å². The first kappa shape index (κ1) is 28.0. The molecule has 1 aliphatic heterocycles. The lowest BCUT2D eigenvalue weighted by Gasteiger charge is -2.42. The molecule has 202 valence electrons. The third kappa shape index (κ3) is 5.82. The second-order valence-corrected chi connectivity index (χ2v) is 14.5. The molecule has 1 heterocycles. The van der Waals surface area contributed by atoms with E-state index < -0.39 is 39.4 Å². The van der Waals surface area contributed by atoms with Gasteiger partial charge in [-0.25, -0.2) is 17.6 Å². The standard InChI is InChI=1S/C32H31F4NP2/c1-2-3-22-37(39(31-25(33)16-10-17-26(31)34)32-27(35)18-11-19-28(32)36)38-29(23-12-6-4-7-13-23)20-21-30(38)24-14-8-5-9-15-24/h4-19,29-30H,2-3,20-22H2,1H3. The van der Waals surface area contributed by atoms with Gasteiger partial charge in [-0.1, -0.05) is 86.1 Å². The van der Waals surface area contributed by atoms with Crippen molar-refractivity contribution >= 4 is 26.8 Å². The Morgan fingerprint density at radius 2 is 1.05 bits per heavy atom. The van der Waals surface area contributed by atoms with Gasteiger partial charge in [0.2, 0.25) is 0 Å². The van der Waals surface area contributed by atoms with Gasteiger partial charge in [0, 0.05) is 25.9 Å². The third-order valence-corrected chi connectivity index (χ3v) is 13.9. The van der Waals surface area contributed by atoms with Gasteiger partial charge >= 0.3 is 0 Å². The van der Waals surface area contributed by atoms with Crippen LogP contribution < -0.4 is 10.6 Å². The van der Waals surface area contributed by atoms with Crippen LogP contribution in [0.4, 0.5) is 17.6 Å². The van der Waals surface area contributed by atoms with Gasteiger partial charge in [-0.2, -0.15) is 0 Å². The summed E-state index contributed by atoms with van der Waals surface area (Å²) in [6, 6.07) is 27.7. The average Bonchev–Trinajstić information content (AvgIpc) is 3.39. The van der Waals surface area contributed by atoms with Crippen LogP contribution in [-0.4, -0.2) is 11.0 Å². The molecule has 1 fully saturated rings. The molecule has 7 heteroatoms. The van der Waals surface area contributed by atoms with E-state index >= 15 is 17.6 Å². The van der Waals surface area contributed by atoms with Gasteiger partial charge in [-0.3, -0.25) is 4.44 Å². The minimum atomic E-state index is -2.19. The van der Waals surface area contributed by atoms with E-state index in [1.54, 1.807) is 0 Å². The Labute approximate surface area is 230 Å². The van der Waals surface area contributed by atoms with E-state index in [4.69, 9.17) is 0 Å². The van der Waals surface area contributed by atoms with Crippen molar-refractivity contribution in [3.63, 3.8) is 0 Å². The van der Waals surface area contributed by atoms with Gasteiger partial charge in [0.05, 0.1) is 10.6 Å². The SMILES string of the molecule is CCCCN(P(c1c(F)cccc1F)c1c(F)cccc1F)P1C(c2ccccc2)CCC1c1ccccc1. The number of halogens is 4. The van der Waals surface area contributed by atoms with E-state index in [1.165, 1.54) is 36.4 Å². The van der Waals surface area contributed by atoms with Crippen LogP contribution in [0.25, 0.3) is 0 Å². The maximum atomic E-state index is 15.6. The summed E-state index contributed by atoms with van der Waals surface area (Å²) < 4.78 is 64.4. The molecule has 1 saturated heterocycles. The molecule has 0 aromatic heterocycles. The zero-order valence-corrected chi connectivity index (χ0v) is 23.6. The second kappa shape index (κ2) is 12.7. The fourth-order valence-corrected chi connectivity index (χ4v) is 12.9. The minimum absolute atomic E-state index is 0.0953. The van der Waals surface area contributed by atoms with E-state index in [0.29, 0.717) is 6.54 Å². The van der Waals surface area contributed by atoms with Gasteiger partial charge in [0.15, 0.2) is 0 Å². The maximum absolute atomic E-state index is 15.6. The molecular formula is C32H31F4NP2. The van der Waals surface area contributed by atoms with Crippen molar-refractivity contribution in [3.05, 3.63) is 131 Å². The predicted octanol–water partition coefficient (Wildman–Crippen LogP) is 9.37. The van der Waals surface area contributed by atoms with Crippen molar-refractivity contribution in [2.24, 2.45) is 0 Å². The van der Waals surface area contributed by atoms with Crippen molar-refractivity contribution < 1.29 is 17.6 Å². The fraction of sp³-hybridized carbons (Fsp3) is 0.250. The highest BCUT2D eigenvalue weighted by atomic mass is 31.2. The molecule has 0 bridgehead atoms. The Morgan fingerprint density at radius 3 is 1.44 bits per heavy atom. The summed E-state index contributed by atoms with van der Waals surface area (Å²) in [5, 5.41) is -0.471. The molecule has 4 aromatic rings. The Hall–Kier alpha value is -2.58. The molecule has 39 heavy (non-hydrogen) atoms. The molecule has 0 radical (unpaired) electrons. The summed E-state index contributed by atoms with van der Waals surface area (Å²) in [6.45, 7) is 2.54. The normalized spacial score (nSPS) is 19.2. The van der Waals surface area contributed by atoms with Gasteiger partial charge < -0.3 is 0 Å². The van der Waals surface area contributed by atoms with Gasteiger partial charge in [-0.15, -0.1) is 0 Å². The second-order valence-electron chi connectivity index (χ2n) is 9.71.